The fraction of sp³-hybridized carbons (Fsp3) is 0.688. The first-order valence-corrected chi connectivity index (χ1v) is 10.7. The van der Waals surface area contributed by atoms with Crippen molar-refractivity contribution in [2.24, 2.45) is 0 Å². The fourth-order valence-electron chi connectivity index (χ4n) is 2.12. The number of thiophene rings is 1. The topological polar surface area (TPSA) is 87.7 Å². The Bertz CT molecular complexity index is 602. The van der Waals surface area contributed by atoms with Crippen molar-refractivity contribution in [1.29, 1.82) is 0 Å². The zero-order valence-corrected chi connectivity index (χ0v) is 17.6. The van der Waals surface area contributed by atoms with E-state index in [1.807, 2.05) is 19.9 Å². The van der Waals surface area contributed by atoms with Crippen molar-refractivity contribution in [2.45, 2.75) is 44.4 Å². The maximum Gasteiger partial charge on any atom is 0.406 e. The second-order valence-electron chi connectivity index (χ2n) is 5.30. The highest BCUT2D eigenvalue weighted by Crippen LogP contribution is 2.30. The van der Waals surface area contributed by atoms with Gasteiger partial charge in [-0.05, 0) is 37.5 Å². The Labute approximate surface area is 155 Å². The minimum Gasteiger partial charge on any atom is -0.453 e. The van der Waals surface area contributed by atoms with Crippen molar-refractivity contribution in [3.8, 4) is 0 Å². The van der Waals surface area contributed by atoms with Gasteiger partial charge in [0.2, 0.25) is 10.0 Å². The lowest BCUT2D eigenvalue weighted by atomic mass is 10.1. The van der Waals surface area contributed by atoms with E-state index in [1.54, 1.807) is 5.38 Å². The monoisotopic (exact) mass is 393 g/mol. The number of methoxy groups -OCH3 is 1. The zero-order chi connectivity index (χ0) is 19.5. The number of nitrogens with zero attached hydrogens (tertiary/aromatic N) is 1. The third kappa shape index (κ3) is 7.72. The summed E-state index contributed by atoms with van der Waals surface area (Å²) in [6.45, 7) is 9.97. The number of amides is 1. The highest BCUT2D eigenvalue weighted by Gasteiger charge is 2.24. The standard InChI is InChI=1S/C13H23N3O4S2.C3H8/c1-5-16(8-7-15-13(17)20-4)10(2)11-6-9-21-12(11)22(18,19)14-3;1-3-2/h6,9-10,14H,5,7-8H2,1-4H3,(H,15,17);3H2,1-2H3. The third-order valence-electron chi connectivity index (χ3n) is 3.43. The van der Waals surface area contributed by atoms with Crippen molar-refractivity contribution < 1.29 is 17.9 Å². The lowest BCUT2D eigenvalue weighted by molar-refractivity contribution is 0.165. The summed E-state index contributed by atoms with van der Waals surface area (Å²) in [5.74, 6) is 0. The van der Waals surface area contributed by atoms with Crippen LogP contribution in [0.25, 0.3) is 0 Å². The smallest absolute Gasteiger partial charge is 0.406 e. The number of rotatable bonds is 8. The van der Waals surface area contributed by atoms with Gasteiger partial charge in [0.05, 0.1) is 7.11 Å². The normalized spacial score (nSPS) is 12.3. The molecule has 1 atom stereocenters. The molecular formula is C16H31N3O4S2. The minimum atomic E-state index is -3.46. The van der Waals surface area contributed by atoms with E-state index in [1.165, 1.54) is 31.9 Å². The predicted octanol–water partition coefficient (Wildman–Crippen LogP) is 2.81. The number of carbonyl (C=O) groups is 1. The SMILES string of the molecule is CCC.CCN(CCNC(=O)OC)C(C)c1ccsc1S(=O)(=O)NC. The van der Waals surface area contributed by atoms with Crippen LogP contribution in [0.1, 0.15) is 45.7 Å². The molecule has 0 bridgehead atoms. The molecule has 1 unspecified atom stereocenters. The summed E-state index contributed by atoms with van der Waals surface area (Å²) >= 11 is 1.20. The molecule has 1 aromatic rings. The van der Waals surface area contributed by atoms with Crippen LogP contribution in [0, 0.1) is 0 Å². The summed E-state index contributed by atoms with van der Waals surface area (Å²) < 4.78 is 31.3. The van der Waals surface area contributed by atoms with Crippen LogP contribution < -0.4 is 10.0 Å². The van der Waals surface area contributed by atoms with Crippen molar-refractivity contribution in [3.05, 3.63) is 17.0 Å². The van der Waals surface area contributed by atoms with E-state index in [9.17, 15) is 13.2 Å². The van der Waals surface area contributed by atoms with Gasteiger partial charge in [-0.2, -0.15) is 0 Å². The maximum absolute atomic E-state index is 12.0. The van der Waals surface area contributed by atoms with Crippen LogP contribution >= 0.6 is 11.3 Å². The van der Waals surface area contributed by atoms with Gasteiger partial charge in [0.25, 0.3) is 0 Å². The Morgan fingerprint density at radius 1 is 1.36 bits per heavy atom. The number of sulfonamides is 1. The van der Waals surface area contributed by atoms with Gasteiger partial charge in [-0.1, -0.05) is 27.2 Å². The Morgan fingerprint density at radius 2 is 1.96 bits per heavy atom. The van der Waals surface area contributed by atoms with Crippen LogP contribution in [-0.2, 0) is 14.8 Å². The van der Waals surface area contributed by atoms with Crippen LogP contribution in [-0.4, -0.2) is 53.2 Å². The predicted molar refractivity (Wildman–Crippen MR) is 103 cm³/mol. The van der Waals surface area contributed by atoms with Crippen LogP contribution in [0.4, 0.5) is 4.79 Å². The molecule has 1 amide bonds. The number of hydrogen-bond acceptors (Lipinski definition) is 6. The lowest BCUT2D eigenvalue weighted by Crippen LogP contribution is -2.36. The lowest BCUT2D eigenvalue weighted by Gasteiger charge is -2.28. The van der Waals surface area contributed by atoms with E-state index >= 15 is 0 Å². The molecule has 1 aromatic heterocycles. The fourth-order valence-corrected chi connectivity index (χ4v) is 4.49. The number of likely N-dealkylation sites (N-methyl/N-ethyl adjacent to an activating group) is 1. The number of ether oxygens (including phenoxy) is 1. The second-order valence-corrected chi connectivity index (χ2v) is 8.30. The largest absolute Gasteiger partial charge is 0.453 e. The summed E-state index contributed by atoms with van der Waals surface area (Å²) in [6.07, 6.45) is 0.776. The molecule has 0 aliphatic rings. The first kappa shape index (κ1) is 23.8. The highest BCUT2D eigenvalue weighted by molar-refractivity contribution is 7.91. The van der Waals surface area contributed by atoms with Gasteiger partial charge in [-0.25, -0.2) is 17.9 Å². The first-order valence-electron chi connectivity index (χ1n) is 8.35. The molecule has 146 valence electrons. The molecule has 0 aliphatic carbocycles. The number of hydrogen-bond donors (Lipinski definition) is 2. The molecule has 0 saturated heterocycles. The molecule has 0 saturated carbocycles. The van der Waals surface area contributed by atoms with Gasteiger partial charge >= 0.3 is 6.09 Å². The highest BCUT2D eigenvalue weighted by atomic mass is 32.2. The van der Waals surface area contributed by atoms with Crippen LogP contribution in [0.5, 0.6) is 0 Å². The van der Waals surface area contributed by atoms with Gasteiger partial charge in [0, 0.05) is 19.1 Å². The van der Waals surface area contributed by atoms with Crippen molar-refractivity contribution in [3.63, 3.8) is 0 Å². The molecule has 0 aromatic carbocycles. The van der Waals surface area contributed by atoms with Crippen molar-refractivity contribution >= 4 is 27.5 Å². The van der Waals surface area contributed by atoms with Crippen molar-refractivity contribution in [2.75, 3.05) is 33.8 Å². The van der Waals surface area contributed by atoms with Crippen molar-refractivity contribution in [1.82, 2.24) is 14.9 Å². The average molecular weight is 394 g/mol. The first-order chi connectivity index (χ1) is 11.8. The van der Waals surface area contributed by atoms with E-state index in [2.05, 4.69) is 33.5 Å². The quantitative estimate of drug-likeness (QED) is 0.709. The van der Waals surface area contributed by atoms with Crippen LogP contribution in [0.15, 0.2) is 15.7 Å². The number of carbonyl (C=O) groups excluding carboxylic acids is 1. The van der Waals surface area contributed by atoms with E-state index in [0.29, 0.717) is 17.3 Å². The van der Waals surface area contributed by atoms with Gasteiger partial charge < -0.3 is 10.1 Å². The molecule has 7 nitrogen and oxygen atoms in total. The summed E-state index contributed by atoms with van der Waals surface area (Å²) in [7, 11) is -0.739. The molecule has 0 radical (unpaired) electrons. The van der Waals surface area contributed by atoms with Gasteiger partial charge in [0.1, 0.15) is 4.21 Å². The summed E-state index contributed by atoms with van der Waals surface area (Å²) in [5.41, 5.74) is 0.763. The Morgan fingerprint density at radius 3 is 2.44 bits per heavy atom. The van der Waals surface area contributed by atoms with Crippen LogP contribution in [0.2, 0.25) is 0 Å². The molecule has 25 heavy (non-hydrogen) atoms. The summed E-state index contributed by atoms with van der Waals surface area (Å²) in [5, 5.41) is 4.40. The van der Waals surface area contributed by atoms with E-state index in [0.717, 1.165) is 12.1 Å². The van der Waals surface area contributed by atoms with Gasteiger partial charge in [-0.15, -0.1) is 11.3 Å². The molecule has 2 N–H and O–H groups in total. The van der Waals surface area contributed by atoms with Gasteiger partial charge in [-0.3, -0.25) is 4.90 Å². The van der Waals surface area contributed by atoms with E-state index < -0.39 is 16.1 Å². The average Bonchev–Trinajstić information content (AvgIpc) is 3.09. The Balaban J connectivity index is 0.00000178. The minimum absolute atomic E-state index is 0.0752. The Hall–Kier alpha value is -1.16. The maximum atomic E-state index is 12.0. The molecule has 9 heteroatoms. The summed E-state index contributed by atoms with van der Waals surface area (Å²) in [4.78, 5) is 13.2. The van der Waals surface area contributed by atoms with E-state index in [4.69, 9.17) is 0 Å². The Kier molecular flexibility index (Phi) is 11.7. The second kappa shape index (κ2) is 12.2. The number of alkyl carbamates (subject to hydrolysis) is 1. The molecular weight excluding hydrogens is 362 g/mol. The number of nitrogens with one attached hydrogen (secondary N) is 2. The van der Waals surface area contributed by atoms with Crippen LogP contribution in [0.3, 0.4) is 0 Å². The third-order valence-corrected chi connectivity index (χ3v) is 6.36. The molecule has 0 aliphatic heterocycles. The van der Waals surface area contributed by atoms with E-state index in [-0.39, 0.29) is 6.04 Å². The zero-order valence-electron chi connectivity index (χ0n) is 16.0. The molecule has 0 spiro atoms. The molecule has 0 fully saturated rings. The van der Waals surface area contributed by atoms with Gasteiger partial charge in [0.15, 0.2) is 0 Å². The summed E-state index contributed by atoms with van der Waals surface area (Å²) in [6, 6.07) is 1.75. The molecule has 1 heterocycles. The molecule has 1 rings (SSSR count).